The topological polar surface area (TPSA) is 74.8 Å². The van der Waals surface area contributed by atoms with E-state index in [0.717, 1.165) is 25.5 Å². The van der Waals surface area contributed by atoms with Crippen molar-refractivity contribution in [1.82, 2.24) is 16.0 Å². The Morgan fingerprint density at radius 3 is 2.22 bits per heavy atom. The van der Waals surface area contributed by atoms with Crippen LogP contribution in [0.4, 0.5) is 4.79 Å². The van der Waals surface area contributed by atoms with Crippen LogP contribution in [0.25, 0.3) is 0 Å². The van der Waals surface area contributed by atoms with Crippen molar-refractivity contribution < 1.29 is 9.53 Å². The predicted octanol–water partition coefficient (Wildman–Crippen LogP) is 2.89. The summed E-state index contributed by atoms with van der Waals surface area (Å²) in [5.74, 6) is 1.42. The fraction of sp³-hybridized carbons (Fsp3) is 0.882. The van der Waals surface area contributed by atoms with Crippen LogP contribution in [-0.2, 0) is 4.74 Å². The van der Waals surface area contributed by atoms with Crippen molar-refractivity contribution in [2.24, 2.45) is 10.9 Å². The Balaban J connectivity index is 4.54. The van der Waals surface area contributed by atoms with Gasteiger partial charge in [0.05, 0.1) is 12.1 Å². The quantitative estimate of drug-likeness (QED) is 0.496. The van der Waals surface area contributed by atoms with Gasteiger partial charge in [-0.15, -0.1) is 0 Å². The Labute approximate surface area is 141 Å². The summed E-state index contributed by atoms with van der Waals surface area (Å²) in [7, 11) is 0. The molecule has 0 aliphatic heterocycles. The molecule has 6 heteroatoms. The van der Waals surface area contributed by atoms with E-state index in [1.165, 1.54) is 0 Å². The minimum Gasteiger partial charge on any atom is -0.444 e. The van der Waals surface area contributed by atoms with Gasteiger partial charge < -0.3 is 20.7 Å². The first-order valence-electron chi connectivity index (χ1n) is 8.48. The van der Waals surface area contributed by atoms with E-state index >= 15 is 0 Å². The molecule has 0 aromatic rings. The number of hydrogen-bond donors (Lipinski definition) is 3. The molecule has 0 unspecified atom stereocenters. The van der Waals surface area contributed by atoms with Crippen molar-refractivity contribution in [3.05, 3.63) is 0 Å². The number of carbonyl (C=O) groups is 1. The lowest BCUT2D eigenvalue weighted by molar-refractivity contribution is 0.0476. The fourth-order valence-corrected chi connectivity index (χ4v) is 1.72. The molecular formula is C17H36N4O2. The molecule has 136 valence electrons. The van der Waals surface area contributed by atoms with Crippen molar-refractivity contribution in [1.29, 1.82) is 0 Å². The van der Waals surface area contributed by atoms with Crippen LogP contribution in [0.15, 0.2) is 4.99 Å². The van der Waals surface area contributed by atoms with E-state index in [2.05, 4.69) is 34.8 Å². The van der Waals surface area contributed by atoms with Crippen LogP contribution >= 0.6 is 0 Å². The molecule has 0 radical (unpaired) electrons. The molecule has 0 rings (SSSR count). The molecule has 0 fully saturated rings. The molecule has 0 spiro atoms. The minimum absolute atomic E-state index is 0.421. The Morgan fingerprint density at radius 1 is 1.13 bits per heavy atom. The zero-order chi connectivity index (χ0) is 18.1. The van der Waals surface area contributed by atoms with E-state index < -0.39 is 17.2 Å². The molecule has 23 heavy (non-hydrogen) atoms. The highest BCUT2D eigenvalue weighted by Crippen LogP contribution is 2.09. The number of ether oxygens (including phenoxy) is 1. The zero-order valence-electron chi connectivity index (χ0n) is 16.2. The third-order valence-corrected chi connectivity index (χ3v) is 2.83. The molecule has 3 N–H and O–H groups in total. The van der Waals surface area contributed by atoms with Crippen molar-refractivity contribution in [2.75, 3.05) is 19.6 Å². The molecule has 0 bridgehead atoms. The maximum atomic E-state index is 11.9. The Morgan fingerprint density at radius 2 is 1.74 bits per heavy atom. The van der Waals surface area contributed by atoms with Crippen LogP contribution < -0.4 is 16.0 Å². The van der Waals surface area contributed by atoms with E-state index in [1.54, 1.807) is 0 Å². The highest BCUT2D eigenvalue weighted by Gasteiger charge is 2.24. The fourth-order valence-electron chi connectivity index (χ4n) is 1.72. The molecule has 6 nitrogen and oxygen atoms in total. The summed E-state index contributed by atoms with van der Waals surface area (Å²) in [5.41, 5.74) is -0.987. The second-order valence-corrected chi connectivity index (χ2v) is 7.82. The SMILES string of the molecule is CCNC(=NCC(C)(C)NC(=O)OC(C)(C)C)NCCC(C)C. The van der Waals surface area contributed by atoms with E-state index in [-0.39, 0.29) is 0 Å². The van der Waals surface area contributed by atoms with E-state index in [9.17, 15) is 4.79 Å². The van der Waals surface area contributed by atoms with Gasteiger partial charge in [-0.3, -0.25) is 4.99 Å². The summed E-state index contributed by atoms with van der Waals surface area (Å²) < 4.78 is 5.29. The average Bonchev–Trinajstić information content (AvgIpc) is 2.32. The first-order valence-corrected chi connectivity index (χ1v) is 8.48. The van der Waals surface area contributed by atoms with Crippen LogP contribution in [0.5, 0.6) is 0 Å². The molecule has 0 saturated carbocycles. The summed E-state index contributed by atoms with van der Waals surface area (Å²) in [5, 5.41) is 9.39. The van der Waals surface area contributed by atoms with Crippen molar-refractivity contribution in [3.63, 3.8) is 0 Å². The first kappa shape index (κ1) is 21.5. The Bertz CT molecular complexity index is 385. The van der Waals surface area contributed by atoms with Gasteiger partial charge in [0.2, 0.25) is 0 Å². The van der Waals surface area contributed by atoms with Gasteiger partial charge >= 0.3 is 6.09 Å². The summed E-state index contributed by atoms with van der Waals surface area (Å²) in [4.78, 5) is 16.4. The van der Waals surface area contributed by atoms with E-state index in [0.29, 0.717) is 12.5 Å². The van der Waals surface area contributed by atoms with Gasteiger partial charge in [0, 0.05) is 13.1 Å². The number of alkyl carbamates (subject to hydrolysis) is 1. The molecule has 0 aliphatic rings. The summed E-state index contributed by atoms with van der Waals surface area (Å²) >= 11 is 0. The van der Waals surface area contributed by atoms with Gasteiger partial charge in [-0.2, -0.15) is 0 Å². The number of aliphatic imine (C=N–C) groups is 1. The second kappa shape index (κ2) is 9.63. The largest absolute Gasteiger partial charge is 0.444 e. The van der Waals surface area contributed by atoms with Crippen LogP contribution in [0, 0.1) is 5.92 Å². The zero-order valence-corrected chi connectivity index (χ0v) is 16.2. The van der Waals surface area contributed by atoms with Crippen LogP contribution in [0.1, 0.15) is 61.8 Å². The summed E-state index contributed by atoms with van der Waals surface area (Å²) in [6.07, 6.45) is 0.666. The minimum atomic E-state index is -0.503. The number of nitrogens with zero attached hydrogens (tertiary/aromatic N) is 1. The normalized spacial score (nSPS) is 13.0. The number of nitrogens with one attached hydrogen (secondary N) is 3. The highest BCUT2D eigenvalue weighted by atomic mass is 16.6. The van der Waals surface area contributed by atoms with Gasteiger partial charge in [-0.25, -0.2) is 4.79 Å². The van der Waals surface area contributed by atoms with E-state index in [4.69, 9.17) is 4.74 Å². The maximum absolute atomic E-state index is 11.9. The molecule has 0 aliphatic carbocycles. The van der Waals surface area contributed by atoms with Gasteiger partial charge in [-0.05, 0) is 53.9 Å². The molecule has 0 heterocycles. The standard InChI is InChI=1S/C17H36N4O2/c1-9-18-14(19-11-10-13(2)3)20-12-17(7,8)21-15(22)23-16(4,5)6/h13H,9-12H2,1-8H3,(H,21,22)(H2,18,19,20). The van der Waals surface area contributed by atoms with Gasteiger partial charge in [0.15, 0.2) is 5.96 Å². The van der Waals surface area contributed by atoms with E-state index in [1.807, 2.05) is 41.5 Å². The maximum Gasteiger partial charge on any atom is 0.408 e. The molecule has 0 atom stereocenters. The molecule has 1 amide bonds. The lowest BCUT2D eigenvalue weighted by Gasteiger charge is -2.27. The van der Waals surface area contributed by atoms with Gasteiger partial charge in [-0.1, -0.05) is 13.8 Å². The van der Waals surface area contributed by atoms with Crippen molar-refractivity contribution in [2.45, 2.75) is 73.0 Å². The van der Waals surface area contributed by atoms with Crippen molar-refractivity contribution in [3.8, 4) is 0 Å². The molecular weight excluding hydrogens is 292 g/mol. The Hall–Kier alpha value is -1.46. The number of rotatable bonds is 7. The number of amides is 1. The first-order chi connectivity index (χ1) is 10.4. The van der Waals surface area contributed by atoms with Crippen LogP contribution in [-0.4, -0.2) is 42.8 Å². The predicted molar refractivity (Wildman–Crippen MR) is 96.9 cm³/mol. The number of hydrogen-bond acceptors (Lipinski definition) is 3. The number of carbonyl (C=O) groups excluding carboxylic acids is 1. The molecule has 0 aromatic heterocycles. The third kappa shape index (κ3) is 12.7. The molecule has 0 aromatic carbocycles. The van der Waals surface area contributed by atoms with Gasteiger partial charge in [0.25, 0.3) is 0 Å². The second-order valence-electron chi connectivity index (χ2n) is 7.82. The smallest absolute Gasteiger partial charge is 0.408 e. The number of guanidine groups is 1. The summed E-state index contributed by atoms with van der Waals surface area (Å²) in [6, 6.07) is 0. The lowest BCUT2D eigenvalue weighted by Crippen LogP contribution is -2.49. The van der Waals surface area contributed by atoms with Crippen LogP contribution in [0.2, 0.25) is 0 Å². The molecule has 0 saturated heterocycles. The highest BCUT2D eigenvalue weighted by molar-refractivity contribution is 5.79. The summed E-state index contributed by atoms with van der Waals surface area (Å²) in [6.45, 7) is 18.0. The Kier molecular flexibility index (Phi) is 9.02. The van der Waals surface area contributed by atoms with Crippen LogP contribution in [0.3, 0.4) is 0 Å². The lowest BCUT2D eigenvalue weighted by atomic mass is 10.1. The third-order valence-electron chi connectivity index (χ3n) is 2.83. The van der Waals surface area contributed by atoms with Gasteiger partial charge in [0.1, 0.15) is 5.60 Å². The van der Waals surface area contributed by atoms with Crippen molar-refractivity contribution >= 4 is 12.1 Å². The average molecular weight is 329 g/mol. The monoisotopic (exact) mass is 328 g/mol.